The predicted octanol–water partition coefficient (Wildman–Crippen LogP) is 4.34. The van der Waals surface area contributed by atoms with Crippen LogP contribution in [0.3, 0.4) is 0 Å². The summed E-state index contributed by atoms with van der Waals surface area (Å²) < 4.78 is 32.8. The largest absolute Gasteiger partial charge is 0.333 e. The number of aromatic nitrogens is 3. The van der Waals surface area contributed by atoms with Crippen molar-refractivity contribution in [2.45, 2.75) is 4.90 Å². The van der Waals surface area contributed by atoms with Crippen molar-refractivity contribution in [1.29, 1.82) is 0 Å². The van der Waals surface area contributed by atoms with E-state index in [1.165, 1.54) is 28.8 Å². The number of nitrogens with zero attached hydrogens (tertiary/aromatic N) is 4. The third-order valence-electron chi connectivity index (χ3n) is 4.00. The van der Waals surface area contributed by atoms with Crippen LogP contribution in [-0.2, 0) is 10.0 Å². The maximum Gasteiger partial charge on any atom is 0.269 e. The molecule has 1 aromatic carbocycles. The minimum atomic E-state index is -3.84. The Labute approximate surface area is 170 Å². The van der Waals surface area contributed by atoms with Crippen molar-refractivity contribution in [2.75, 3.05) is 11.4 Å². The van der Waals surface area contributed by atoms with Crippen molar-refractivity contribution >= 4 is 38.6 Å². The smallest absolute Gasteiger partial charge is 0.269 e. The van der Waals surface area contributed by atoms with E-state index in [1.54, 1.807) is 54.2 Å². The van der Waals surface area contributed by atoms with E-state index in [0.717, 1.165) is 0 Å². The van der Waals surface area contributed by atoms with Gasteiger partial charge in [-0.3, -0.25) is 9.29 Å². The van der Waals surface area contributed by atoms with E-state index in [9.17, 15) is 8.42 Å². The molecule has 0 aliphatic rings. The molecule has 3 aromatic heterocycles. The number of rotatable bonds is 5. The molecule has 0 bridgehead atoms. The summed E-state index contributed by atoms with van der Waals surface area (Å²) in [6, 6.07) is 11.6. The van der Waals surface area contributed by atoms with Crippen LogP contribution >= 0.6 is 22.9 Å². The molecule has 3 heterocycles. The summed E-state index contributed by atoms with van der Waals surface area (Å²) in [6.45, 7) is 0. The van der Waals surface area contributed by atoms with Crippen LogP contribution in [-0.4, -0.2) is 30.6 Å². The zero-order valence-corrected chi connectivity index (χ0v) is 16.9. The number of pyridine rings is 1. The Morgan fingerprint density at radius 3 is 2.64 bits per heavy atom. The second-order valence-electron chi connectivity index (χ2n) is 5.73. The number of halogens is 1. The van der Waals surface area contributed by atoms with E-state index in [4.69, 9.17) is 16.1 Å². The topological polar surface area (TPSA) is 89.2 Å². The monoisotopic (exact) mass is 432 g/mol. The summed E-state index contributed by atoms with van der Waals surface area (Å²) in [4.78, 5) is 8.83. The molecule has 0 amide bonds. The number of hydrogen-bond donors (Lipinski definition) is 0. The minimum Gasteiger partial charge on any atom is -0.333 e. The van der Waals surface area contributed by atoms with Crippen molar-refractivity contribution in [3.63, 3.8) is 0 Å². The van der Waals surface area contributed by atoms with Crippen LogP contribution in [0.25, 0.3) is 22.2 Å². The first-order valence-electron chi connectivity index (χ1n) is 8.03. The van der Waals surface area contributed by atoms with Gasteiger partial charge in [0.1, 0.15) is 9.77 Å². The van der Waals surface area contributed by atoms with Crippen LogP contribution in [0, 0.1) is 0 Å². The number of anilines is 1. The van der Waals surface area contributed by atoms with Crippen LogP contribution in [0.4, 0.5) is 5.69 Å². The summed E-state index contributed by atoms with van der Waals surface area (Å²) >= 11 is 7.10. The van der Waals surface area contributed by atoms with Gasteiger partial charge < -0.3 is 4.52 Å². The van der Waals surface area contributed by atoms with Gasteiger partial charge in [-0.25, -0.2) is 8.42 Å². The molecule has 4 rings (SSSR count). The van der Waals surface area contributed by atoms with Gasteiger partial charge in [0.25, 0.3) is 15.9 Å². The number of benzene rings is 1. The summed E-state index contributed by atoms with van der Waals surface area (Å²) in [5.74, 6) is 0.475. The molecule has 4 aromatic rings. The lowest BCUT2D eigenvalue weighted by molar-refractivity contribution is 0.432. The molecule has 7 nitrogen and oxygen atoms in total. The van der Waals surface area contributed by atoms with Gasteiger partial charge in [-0.1, -0.05) is 16.8 Å². The predicted molar refractivity (Wildman–Crippen MR) is 108 cm³/mol. The lowest BCUT2D eigenvalue weighted by atomic mass is 10.3. The van der Waals surface area contributed by atoms with E-state index in [-0.39, 0.29) is 10.8 Å². The first-order valence-corrected chi connectivity index (χ1v) is 10.7. The van der Waals surface area contributed by atoms with Crippen molar-refractivity contribution in [3.05, 3.63) is 65.3 Å². The molecule has 0 spiro atoms. The first kappa shape index (κ1) is 18.6. The molecule has 0 unspecified atom stereocenters. The highest BCUT2D eigenvalue weighted by Crippen LogP contribution is 2.35. The van der Waals surface area contributed by atoms with Gasteiger partial charge >= 0.3 is 0 Å². The van der Waals surface area contributed by atoms with Crippen molar-refractivity contribution in [2.24, 2.45) is 0 Å². The molecule has 0 atom stereocenters. The summed E-state index contributed by atoms with van der Waals surface area (Å²) in [7, 11) is -2.35. The Kier molecular flexibility index (Phi) is 4.88. The summed E-state index contributed by atoms with van der Waals surface area (Å²) in [5, 5.41) is 6.14. The molecule has 10 heteroatoms. The number of thiophene rings is 1. The normalized spacial score (nSPS) is 11.5. The Morgan fingerprint density at radius 2 is 1.93 bits per heavy atom. The quantitative estimate of drug-likeness (QED) is 0.466. The van der Waals surface area contributed by atoms with Crippen LogP contribution in [0.15, 0.2) is 69.7 Å². The number of sulfonamides is 1. The molecule has 0 N–H and O–H groups in total. The SMILES string of the molecule is CN(c1ccc(Cl)cc1)S(=O)(=O)c1ccsc1-c1nc(-c2cccnc2)no1. The standard InChI is InChI=1S/C18H13ClN4O3S2/c1-23(14-6-4-13(19)5-7-14)28(24,25)15-8-10-27-16(15)18-21-17(22-26-18)12-3-2-9-20-11-12/h2-11H,1H3. The Morgan fingerprint density at radius 1 is 1.14 bits per heavy atom. The summed E-state index contributed by atoms with van der Waals surface area (Å²) in [5.41, 5.74) is 1.17. The van der Waals surface area contributed by atoms with Gasteiger partial charge in [0, 0.05) is 30.0 Å². The van der Waals surface area contributed by atoms with E-state index in [0.29, 0.717) is 27.0 Å². The maximum atomic E-state index is 13.1. The van der Waals surface area contributed by atoms with Gasteiger partial charge in [0.2, 0.25) is 5.82 Å². The molecular weight excluding hydrogens is 420 g/mol. The van der Waals surface area contributed by atoms with Crippen LogP contribution in [0.1, 0.15) is 0 Å². The molecule has 0 radical (unpaired) electrons. The fourth-order valence-electron chi connectivity index (χ4n) is 2.52. The van der Waals surface area contributed by atoms with Crippen LogP contribution in [0.5, 0.6) is 0 Å². The first-order chi connectivity index (χ1) is 13.5. The molecule has 0 saturated carbocycles. The third kappa shape index (κ3) is 3.39. The van der Waals surface area contributed by atoms with E-state index < -0.39 is 10.0 Å². The molecule has 0 aliphatic carbocycles. The Bertz CT molecular complexity index is 1210. The lowest BCUT2D eigenvalue weighted by Gasteiger charge is -2.19. The van der Waals surface area contributed by atoms with Gasteiger partial charge in [-0.2, -0.15) is 4.98 Å². The fraction of sp³-hybridized carbons (Fsp3) is 0.0556. The molecule has 0 saturated heterocycles. The van der Waals surface area contributed by atoms with Crippen LogP contribution < -0.4 is 4.31 Å². The second-order valence-corrected chi connectivity index (χ2v) is 9.02. The van der Waals surface area contributed by atoms with Gasteiger partial charge in [-0.15, -0.1) is 11.3 Å². The summed E-state index contributed by atoms with van der Waals surface area (Å²) in [6.07, 6.45) is 3.25. The van der Waals surface area contributed by atoms with Crippen molar-refractivity contribution < 1.29 is 12.9 Å². The van der Waals surface area contributed by atoms with Gasteiger partial charge in [-0.05, 0) is 47.8 Å². The van der Waals surface area contributed by atoms with E-state index in [2.05, 4.69) is 15.1 Å². The van der Waals surface area contributed by atoms with Gasteiger partial charge in [0.05, 0.1) is 5.69 Å². The number of hydrogen-bond acceptors (Lipinski definition) is 7. The zero-order chi connectivity index (χ0) is 19.7. The highest BCUT2D eigenvalue weighted by Gasteiger charge is 2.28. The average Bonchev–Trinajstić information content (AvgIpc) is 3.38. The molecule has 0 aliphatic heterocycles. The third-order valence-corrected chi connectivity index (χ3v) is 7.11. The molecule has 0 fully saturated rings. The highest BCUT2D eigenvalue weighted by atomic mass is 35.5. The highest BCUT2D eigenvalue weighted by molar-refractivity contribution is 7.93. The molecular formula is C18H13ClN4O3S2. The second kappa shape index (κ2) is 7.34. The van der Waals surface area contributed by atoms with Crippen molar-refractivity contribution in [1.82, 2.24) is 15.1 Å². The average molecular weight is 433 g/mol. The van der Waals surface area contributed by atoms with Gasteiger partial charge in [0.15, 0.2) is 0 Å². The Balaban J connectivity index is 1.71. The lowest BCUT2D eigenvalue weighted by Crippen LogP contribution is -2.26. The fourth-order valence-corrected chi connectivity index (χ4v) is 5.16. The van der Waals surface area contributed by atoms with E-state index in [1.807, 2.05) is 0 Å². The van der Waals surface area contributed by atoms with Crippen molar-refractivity contribution in [3.8, 4) is 22.2 Å². The Hall–Kier alpha value is -2.75. The van der Waals surface area contributed by atoms with Crippen LogP contribution in [0.2, 0.25) is 5.02 Å². The van der Waals surface area contributed by atoms with E-state index >= 15 is 0 Å². The molecule has 28 heavy (non-hydrogen) atoms. The zero-order valence-electron chi connectivity index (χ0n) is 14.5. The minimum absolute atomic E-state index is 0.0938. The maximum absolute atomic E-state index is 13.1. The molecule has 142 valence electrons.